The van der Waals surface area contributed by atoms with Gasteiger partial charge in [-0.05, 0) is 41.6 Å². The molecule has 0 bridgehead atoms. The smallest absolute Gasteiger partial charge is 0.376 e. The van der Waals surface area contributed by atoms with Gasteiger partial charge in [0.2, 0.25) is 0 Å². The Labute approximate surface area is 127 Å². The lowest BCUT2D eigenvalue weighted by Crippen LogP contribution is -2.45. The Bertz CT molecular complexity index is 585. The van der Waals surface area contributed by atoms with Crippen molar-refractivity contribution < 1.29 is 13.2 Å². The molecule has 1 heterocycles. The summed E-state index contributed by atoms with van der Waals surface area (Å²) >= 11 is 3.05. The van der Waals surface area contributed by atoms with Gasteiger partial charge in [0.05, 0.1) is 11.9 Å². The molecule has 5 nitrogen and oxygen atoms in total. The number of anilines is 1. The predicted molar refractivity (Wildman–Crippen MR) is 76.1 cm³/mol. The summed E-state index contributed by atoms with van der Waals surface area (Å²) < 4.78 is 37.4. The van der Waals surface area contributed by atoms with Crippen LogP contribution in [0.1, 0.15) is 19.8 Å². The molecule has 9 heteroatoms. The van der Waals surface area contributed by atoms with E-state index in [0.29, 0.717) is 22.8 Å². The molecule has 1 aromatic rings. The highest BCUT2D eigenvalue weighted by Crippen LogP contribution is 2.41. The van der Waals surface area contributed by atoms with Crippen LogP contribution in [-0.2, 0) is 6.54 Å². The van der Waals surface area contributed by atoms with Crippen LogP contribution in [-0.4, -0.2) is 28.0 Å². The van der Waals surface area contributed by atoms with E-state index in [2.05, 4.69) is 26.3 Å². The second-order valence-corrected chi connectivity index (χ2v) is 6.26. The lowest BCUT2D eigenvalue weighted by molar-refractivity contribution is -0.143. The van der Waals surface area contributed by atoms with E-state index in [-0.39, 0.29) is 4.47 Å². The number of hydrogen-bond donors (Lipinski definition) is 2. The number of nitrogens with two attached hydrogens (primary N) is 1. The highest BCUT2D eigenvalue weighted by Gasteiger charge is 2.41. The minimum absolute atomic E-state index is 0.0297. The first kappa shape index (κ1) is 16.3. The van der Waals surface area contributed by atoms with Crippen molar-refractivity contribution in [3.63, 3.8) is 0 Å². The molecule has 0 saturated heterocycles. The number of hydrogen-bond acceptors (Lipinski definition) is 4. The van der Waals surface area contributed by atoms with Gasteiger partial charge in [0, 0.05) is 12.1 Å². The Hall–Kier alpha value is -1.09. The van der Waals surface area contributed by atoms with Gasteiger partial charge >= 0.3 is 6.18 Å². The first-order chi connectivity index (χ1) is 9.66. The Morgan fingerprint density at radius 3 is 2.62 bits per heavy atom. The van der Waals surface area contributed by atoms with E-state index in [1.165, 1.54) is 6.20 Å². The fraction of sp³-hybridized carbons (Fsp3) is 0.667. The molecule has 1 saturated carbocycles. The molecular weight excluding hydrogens is 353 g/mol. The standard InChI is InChI=1S/C12H16BrF3N4O/c1-11(5-17,7-2-3-7)19-8-4-18-20(6-12(14,15)16)10(21)9(8)13/h4,7,19H,2-3,5-6,17H2,1H3. The molecule has 1 atom stereocenters. The van der Waals surface area contributed by atoms with Gasteiger partial charge in [-0.1, -0.05) is 0 Å². The maximum absolute atomic E-state index is 12.3. The summed E-state index contributed by atoms with van der Waals surface area (Å²) in [4.78, 5) is 11.9. The molecule has 21 heavy (non-hydrogen) atoms. The van der Waals surface area contributed by atoms with Gasteiger partial charge in [-0.2, -0.15) is 18.3 Å². The highest BCUT2D eigenvalue weighted by molar-refractivity contribution is 9.10. The van der Waals surface area contributed by atoms with Gasteiger partial charge in [0.1, 0.15) is 11.0 Å². The number of nitrogens with zero attached hydrogens (tertiary/aromatic N) is 2. The zero-order valence-electron chi connectivity index (χ0n) is 11.4. The third-order valence-electron chi connectivity index (χ3n) is 3.64. The molecule has 0 radical (unpaired) electrons. The molecule has 3 N–H and O–H groups in total. The number of halogens is 4. The summed E-state index contributed by atoms with van der Waals surface area (Å²) in [6.07, 6.45) is -1.20. The Balaban J connectivity index is 2.26. The zero-order valence-corrected chi connectivity index (χ0v) is 13.0. The van der Waals surface area contributed by atoms with Crippen molar-refractivity contribution in [2.75, 3.05) is 11.9 Å². The first-order valence-corrected chi connectivity index (χ1v) is 7.26. The van der Waals surface area contributed by atoms with Crippen molar-refractivity contribution in [3.05, 3.63) is 21.0 Å². The Morgan fingerprint density at radius 1 is 1.52 bits per heavy atom. The minimum atomic E-state index is -4.50. The molecular formula is C12H16BrF3N4O. The third kappa shape index (κ3) is 3.76. The molecule has 0 spiro atoms. The van der Waals surface area contributed by atoms with Gasteiger partial charge in [-0.3, -0.25) is 4.79 Å². The lowest BCUT2D eigenvalue weighted by Gasteiger charge is -2.31. The molecule has 118 valence electrons. The summed E-state index contributed by atoms with van der Waals surface area (Å²) in [6, 6.07) is 0. The molecule has 1 aromatic heterocycles. The molecule has 1 aliphatic rings. The van der Waals surface area contributed by atoms with Crippen molar-refractivity contribution in [3.8, 4) is 0 Å². The average molecular weight is 369 g/mol. The van der Waals surface area contributed by atoms with Crippen LogP contribution in [0.5, 0.6) is 0 Å². The van der Waals surface area contributed by atoms with Crippen LogP contribution in [0.2, 0.25) is 0 Å². The first-order valence-electron chi connectivity index (χ1n) is 6.47. The second kappa shape index (κ2) is 5.60. The van der Waals surface area contributed by atoms with Gasteiger partial charge in [0.25, 0.3) is 5.56 Å². The van der Waals surface area contributed by atoms with E-state index in [9.17, 15) is 18.0 Å². The molecule has 0 aliphatic heterocycles. The molecule has 1 unspecified atom stereocenters. The van der Waals surface area contributed by atoms with Crippen LogP contribution in [0.3, 0.4) is 0 Å². The van der Waals surface area contributed by atoms with Crippen molar-refractivity contribution >= 4 is 21.6 Å². The van der Waals surface area contributed by atoms with E-state index in [1.807, 2.05) is 6.92 Å². The normalized spacial score (nSPS) is 18.4. The molecule has 1 aliphatic carbocycles. The maximum atomic E-state index is 12.3. The summed E-state index contributed by atoms with van der Waals surface area (Å²) in [5, 5.41) is 6.71. The monoisotopic (exact) mass is 368 g/mol. The molecule has 0 aromatic carbocycles. The molecule has 0 amide bonds. The maximum Gasteiger partial charge on any atom is 0.408 e. The topological polar surface area (TPSA) is 72.9 Å². The average Bonchev–Trinajstić information content (AvgIpc) is 3.21. The summed E-state index contributed by atoms with van der Waals surface area (Å²) in [6.45, 7) is 0.871. The quantitative estimate of drug-likeness (QED) is 0.834. The van der Waals surface area contributed by atoms with Gasteiger partial charge in [-0.25, -0.2) is 4.68 Å². The van der Waals surface area contributed by atoms with Crippen molar-refractivity contribution in [1.82, 2.24) is 9.78 Å². The summed E-state index contributed by atoms with van der Waals surface area (Å²) in [7, 11) is 0. The SMILES string of the molecule is CC(CN)(Nc1cnn(CC(F)(F)F)c(=O)c1Br)C1CC1. The van der Waals surface area contributed by atoms with Crippen LogP contribution < -0.4 is 16.6 Å². The zero-order chi connectivity index (χ0) is 15.8. The van der Waals surface area contributed by atoms with Crippen molar-refractivity contribution in [2.24, 2.45) is 11.7 Å². The number of nitrogens with one attached hydrogen (secondary N) is 1. The van der Waals surface area contributed by atoms with Gasteiger partial charge in [-0.15, -0.1) is 0 Å². The van der Waals surface area contributed by atoms with E-state index < -0.39 is 23.8 Å². The Morgan fingerprint density at radius 2 is 2.14 bits per heavy atom. The summed E-state index contributed by atoms with van der Waals surface area (Å²) in [5.41, 5.74) is 4.90. The number of aromatic nitrogens is 2. The highest BCUT2D eigenvalue weighted by atomic mass is 79.9. The molecule has 1 fully saturated rings. The van der Waals surface area contributed by atoms with Gasteiger partial charge in [0.15, 0.2) is 0 Å². The van der Waals surface area contributed by atoms with E-state index in [0.717, 1.165) is 12.8 Å². The van der Waals surface area contributed by atoms with Crippen LogP contribution in [0, 0.1) is 5.92 Å². The predicted octanol–water partition coefficient (Wildman–Crippen LogP) is 2.11. The third-order valence-corrected chi connectivity index (χ3v) is 4.40. The van der Waals surface area contributed by atoms with Gasteiger partial charge < -0.3 is 11.1 Å². The lowest BCUT2D eigenvalue weighted by atomic mass is 9.96. The van der Waals surface area contributed by atoms with Crippen LogP contribution in [0.15, 0.2) is 15.5 Å². The van der Waals surface area contributed by atoms with Crippen LogP contribution in [0.4, 0.5) is 18.9 Å². The minimum Gasteiger partial charge on any atom is -0.376 e. The second-order valence-electron chi connectivity index (χ2n) is 5.47. The van der Waals surface area contributed by atoms with E-state index >= 15 is 0 Å². The molecule has 2 rings (SSSR count). The van der Waals surface area contributed by atoms with Crippen LogP contribution >= 0.6 is 15.9 Å². The summed E-state index contributed by atoms with van der Waals surface area (Å²) in [5.74, 6) is 0.395. The van der Waals surface area contributed by atoms with E-state index in [4.69, 9.17) is 5.73 Å². The number of rotatable bonds is 5. The number of alkyl halides is 3. The van der Waals surface area contributed by atoms with Crippen molar-refractivity contribution in [2.45, 2.75) is 38.0 Å². The fourth-order valence-electron chi connectivity index (χ4n) is 2.18. The fourth-order valence-corrected chi connectivity index (χ4v) is 2.59. The van der Waals surface area contributed by atoms with E-state index in [1.54, 1.807) is 0 Å². The van der Waals surface area contributed by atoms with Crippen molar-refractivity contribution in [1.29, 1.82) is 0 Å². The Kier molecular flexibility index (Phi) is 4.34. The largest absolute Gasteiger partial charge is 0.408 e. The van der Waals surface area contributed by atoms with Crippen LogP contribution in [0.25, 0.3) is 0 Å².